The molecule has 5 heteroatoms. The van der Waals surface area contributed by atoms with Crippen LogP contribution in [0.15, 0.2) is 72.8 Å². The van der Waals surface area contributed by atoms with Crippen molar-refractivity contribution in [3.05, 3.63) is 94.5 Å². The van der Waals surface area contributed by atoms with E-state index in [1.807, 2.05) is 37.3 Å². The molecule has 33 heavy (non-hydrogen) atoms. The van der Waals surface area contributed by atoms with Gasteiger partial charge in [0.05, 0.1) is 6.61 Å². The zero-order valence-corrected chi connectivity index (χ0v) is 20.1. The topological polar surface area (TPSA) is 33.7 Å². The van der Waals surface area contributed by atoms with E-state index in [9.17, 15) is 0 Å². The van der Waals surface area contributed by atoms with Crippen molar-refractivity contribution < 1.29 is 9.47 Å². The van der Waals surface area contributed by atoms with Crippen LogP contribution in [0.5, 0.6) is 11.5 Å². The summed E-state index contributed by atoms with van der Waals surface area (Å²) in [4.78, 5) is 2.55. The molecule has 0 aliphatic carbocycles. The van der Waals surface area contributed by atoms with Crippen LogP contribution in [-0.2, 0) is 19.7 Å². The molecule has 4 nitrogen and oxygen atoms in total. The van der Waals surface area contributed by atoms with Gasteiger partial charge in [-0.15, -0.1) is 0 Å². The minimum atomic E-state index is 0.416. The summed E-state index contributed by atoms with van der Waals surface area (Å²) in [5.74, 6) is 1.52. The van der Waals surface area contributed by atoms with Gasteiger partial charge in [0.25, 0.3) is 0 Å². The monoisotopic (exact) mass is 464 g/mol. The Bertz CT molecular complexity index is 1000. The molecule has 0 unspecified atom stereocenters. The minimum Gasteiger partial charge on any atom is -0.490 e. The van der Waals surface area contributed by atoms with Crippen LogP contribution < -0.4 is 14.8 Å². The van der Waals surface area contributed by atoms with E-state index in [2.05, 4.69) is 52.7 Å². The second-order valence-electron chi connectivity index (χ2n) is 8.51. The Kier molecular flexibility index (Phi) is 8.65. The first-order valence-electron chi connectivity index (χ1n) is 11.8. The lowest BCUT2D eigenvalue weighted by molar-refractivity contribution is 0.190. The van der Waals surface area contributed by atoms with E-state index in [0.29, 0.717) is 24.3 Å². The van der Waals surface area contributed by atoms with E-state index in [4.69, 9.17) is 21.1 Å². The van der Waals surface area contributed by atoms with Crippen LogP contribution in [0.2, 0.25) is 5.02 Å². The number of hydrogen-bond donors (Lipinski definition) is 1. The Hall–Kier alpha value is -2.53. The normalized spacial score (nSPS) is 14.8. The van der Waals surface area contributed by atoms with E-state index in [1.54, 1.807) is 0 Å². The second kappa shape index (κ2) is 12.1. The number of rotatable bonds is 10. The van der Waals surface area contributed by atoms with Gasteiger partial charge in [0.2, 0.25) is 0 Å². The maximum absolute atomic E-state index is 6.26. The highest BCUT2D eigenvalue weighted by molar-refractivity contribution is 6.31. The summed E-state index contributed by atoms with van der Waals surface area (Å²) < 4.78 is 11.9. The van der Waals surface area contributed by atoms with Crippen LogP contribution in [-0.4, -0.2) is 30.6 Å². The summed E-state index contributed by atoms with van der Waals surface area (Å²) >= 11 is 6.26. The molecule has 1 saturated heterocycles. The van der Waals surface area contributed by atoms with Crippen molar-refractivity contribution in [2.45, 2.75) is 45.5 Å². The first kappa shape index (κ1) is 23.6. The second-order valence-corrected chi connectivity index (χ2v) is 8.92. The molecule has 3 aromatic carbocycles. The molecule has 0 saturated carbocycles. The fourth-order valence-corrected chi connectivity index (χ4v) is 4.41. The largest absolute Gasteiger partial charge is 0.490 e. The van der Waals surface area contributed by atoms with Gasteiger partial charge in [0.1, 0.15) is 6.61 Å². The van der Waals surface area contributed by atoms with Crippen molar-refractivity contribution in [3.63, 3.8) is 0 Å². The van der Waals surface area contributed by atoms with Crippen LogP contribution in [0.25, 0.3) is 0 Å². The summed E-state index contributed by atoms with van der Waals surface area (Å²) in [7, 11) is 0. The number of hydrogen-bond acceptors (Lipinski definition) is 4. The highest BCUT2D eigenvalue weighted by Gasteiger charge is 2.19. The van der Waals surface area contributed by atoms with Gasteiger partial charge in [-0.3, -0.25) is 4.90 Å². The highest BCUT2D eigenvalue weighted by Crippen LogP contribution is 2.30. The molecule has 0 atom stereocenters. The van der Waals surface area contributed by atoms with Crippen LogP contribution in [0.1, 0.15) is 36.5 Å². The third kappa shape index (κ3) is 6.97. The summed E-state index contributed by atoms with van der Waals surface area (Å²) in [6.45, 7) is 7.14. The van der Waals surface area contributed by atoms with Crippen LogP contribution in [0.3, 0.4) is 0 Å². The van der Waals surface area contributed by atoms with E-state index < -0.39 is 0 Å². The lowest BCUT2D eigenvalue weighted by Gasteiger charge is -2.32. The van der Waals surface area contributed by atoms with Gasteiger partial charge in [-0.2, -0.15) is 0 Å². The predicted octanol–water partition coefficient (Wildman–Crippen LogP) is 6.07. The zero-order chi connectivity index (χ0) is 22.9. The fourth-order valence-electron chi connectivity index (χ4n) is 4.22. The number of halogens is 1. The molecular formula is C28H33ClN2O2. The molecule has 1 heterocycles. The molecule has 3 aromatic rings. The van der Waals surface area contributed by atoms with Crippen molar-refractivity contribution in [2.24, 2.45) is 0 Å². The molecule has 174 valence electrons. The zero-order valence-electron chi connectivity index (χ0n) is 19.3. The molecule has 1 aliphatic rings. The fraction of sp³-hybridized carbons (Fsp3) is 0.357. The Morgan fingerprint density at radius 2 is 1.64 bits per heavy atom. The molecule has 0 amide bonds. The van der Waals surface area contributed by atoms with Gasteiger partial charge in [0.15, 0.2) is 11.5 Å². The smallest absolute Gasteiger partial charge is 0.161 e. The lowest BCUT2D eigenvalue weighted by Crippen LogP contribution is -2.41. The first-order chi connectivity index (χ1) is 16.2. The van der Waals surface area contributed by atoms with Gasteiger partial charge >= 0.3 is 0 Å². The van der Waals surface area contributed by atoms with Crippen molar-refractivity contribution in [3.8, 4) is 11.5 Å². The average Bonchev–Trinajstić information content (AvgIpc) is 2.85. The standard InChI is InChI=1S/C28H33ClN2O2/c1-2-32-28-18-23(12-13-27(28)33-21-24-10-6-7-11-26(24)29)19-30-25-14-16-31(17-15-25)20-22-8-4-3-5-9-22/h3-13,18,25,30H,2,14-17,19-21H2,1H3. The molecule has 4 rings (SSSR count). The van der Waals surface area contributed by atoms with Crippen molar-refractivity contribution in [1.29, 1.82) is 0 Å². The Morgan fingerprint density at radius 3 is 2.39 bits per heavy atom. The molecule has 0 radical (unpaired) electrons. The maximum Gasteiger partial charge on any atom is 0.161 e. The van der Waals surface area contributed by atoms with Crippen LogP contribution in [0, 0.1) is 0 Å². The number of piperidine rings is 1. The van der Waals surface area contributed by atoms with E-state index in [0.717, 1.165) is 43.2 Å². The third-order valence-electron chi connectivity index (χ3n) is 6.08. The number of nitrogens with zero attached hydrogens (tertiary/aromatic N) is 1. The molecule has 1 fully saturated rings. The summed E-state index contributed by atoms with van der Waals surface area (Å²) in [5, 5.41) is 4.45. The number of nitrogens with one attached hydrogen (secondary N) is 1. The Morgan fingerprint density at radius 1 is 0.879 bits per heavy atom. The van der Waals surface area contributed by atoms with Gasteiger partial charge in [-0.1, -0.05) is 66.2 Å². The first-order valence-corrected chi connectivity index (χ1v) is 12.2. The van der Waals surface area contributed by atoms with Gasteiger partial charge in [0, 0.05) is 29.7 Å². The summed E-state index contributed by atoms with van der Waals surface area (Å²) in [6, 6.07) is 25.2. The van der Waals surface area contributed by atoms with Gasteiger partial charge in [-0.05, 0) is 62.2 Å². The number of likely N-dealkylation sites (tertiary alicyclic amines) is 1. The maximum atomic E-state index is 6.26. The van der Waals surface area contributed by atoms with E-state index in [-0.39, 0.29) is 0 Å². The average molecular weight is 465 g/mol. The lowest BCUT2D eigenvalue weighted by atomic mass is 10.0. The Labute approximate surface area is 202 Å². The van der Waals surface area contributed by atoms with Crippen molar-refractivity contribution in [1.82, 2.24) is 10.2 Å². The number of ether oxygens (including phenoxy) is 2. The molecule has 1 N–H and O–H groups in total. The molecule has 0 aromatic heterocycles. The highest BCUT2D eigenvalue weighted by atomic mass is 35.5. The SMILES string of the molecule is CCOc1cc(CNC2CCN(Cc3ccccc3)CC2)ccc1OCc1ccccc1Cl. The molecule has 0 spiro atoms. The van der Waals surface area contributed by atoms with Crippen molar-refractivity contribution in [2.75, 3.05) is 19.7 Å². The third-order valence-corrected chi connectivity index (χ3v) is 6.45. The van der Waals surface area contributed by atoms with Crippen molar-refractivity contribution >= 4 is 11.6 Å². The predicted molar refractivity (Wildman–Crippen MR) is 135 cm³/mol. The summed E-state index contributed by atoms with van der Waals surface area (Å²) in [5.41, 5.74) is 3.56. The molecule has 0 bridgehead atoms. The van der Waals surface area contributed by atoms with Crippen LogP contribution >= 0.6 is 11.6 Å². The quantitative estimate of drug-likeness (QED) is 0.394. The molecular weight excluding hydrogens is 432 g/mol. The number of benzene rings is 3. The van der Waals surface area contributed by atoms with E-state index >= 15 is 0 Å². The van der Waals surface area contributed by atoms with Gasteiger partial charge in [-0.25, -0.2) is 0 Å². The van der Waals surface area contributed by atoms with Gasteiger partial charge < -0.3 is 14.8 Å². The van der Waals surface area contributed by atoms with E-state index in [1.165, 1.54) is 24.0 Å². The minimum absolute atomic E-state index is 0.416. The Balaban J connectivity index is 1.27. The van der Waals surface area contributed by atoms with Crippen LogP contribution in [0.4, 0.5) is 0 Å². The molecule has 1 aliphatic heterocycles. The summed E-state index contributed by atoms with van der Waals surface area (Å²) in [6.07, 6.45) is 2.34.